The van der Waals surface area contributed by atoms with Crippen LogP contribution in [-0.2, 0) is 19.1 Å². The molecule has 0 bridgehead atoms. The molecule has 2 fully saturated rings. The molecular weight excluding hydrogens is 319 g/mol. The van der Waals surface area contributed by atoms with E-state index >= 15 is 0 Å². The lowest BCUT2D eigenvalue weighted by Gasteiger charge is -2.26. The number of fused-ring (bicyclic) bond motifs is 1. The maximum Gasteiger partial charge on any atom is 0.371 e. The summed E-state index contributed by atoms with van der Waals surface area (Å²) in [4.78, 5) is 38.3. The van der Waals surface area contributed by atoms with Gasteiger partial charge in [0.15, 0.2) is 0 Å². The molecule has 24 heavy (non-hydrogen) atoms. The van der Waals surface area contributed by atoms with E-state index in [1.165, 1.54) is 30.6 Å². The summed E-state index contributed by atoms with van der Waals surface area (Å²) >= 11 is 0. The van der Waals surface area contributed by atoms with Gasteiger partial charge in [-0.3, -0.25) is 14.5 Å². The van der Waals surface area contributed by atoms with Gasteiger partial charge < -0.3 is 15.2 Å². The summed E-state index contributed by atoms with van der Waals surface area (Å²) in [7, 11) is 2.46. The van der Waals surface area contributed by atoms with E-state index in [2.05, 4.69) is 0 Å². The third-order valence-electron chi connectivity index (χ3n) is 5.08. The zero-order valence-corrected chi connectivity index (χ0v) is 13.2. The molecule has 0 spiro atoms. The first-order valence-electron chi connectivity index (χ1n) is 7.50. The molecule has 7 nitrogen and oxygen atoms in total. The number of halogens is 1. The first kappa shape index (κ1) is 16.5. The van der Waals surface area contributed by atoms with E-state index in [1.807, 2.05) is 0 Å². The van der Waals surface area contributed by atoms with Gasteiger partial charge in [0, 0.05) is 12.6 Å². The highest BCUT2D eigenvalue weighted by atomic mass is 19.1. The molecule has 2 aliphatic rings. The minimum absolute atomic E-state index is 0.211. The van der Waals surface area contributed by atoms with Crippen LogP contribution in [0.4, 0.5) is 4.39 Å². The van der Waals surface area contributed by atoms with E-state index in [1.54, 1.807) is 6.07 Å². The number of hydrogen-bond donors (Lipinski definition) is 2. The Balaban J connectivity index is 2.17. The van der Waals surface area contributed by atoms with Crippen molar-refractivity contribution in [3.05, 3.63) is 35.6 Å². The van der Waals surface area contributed by atoms with E-state index in [0.717, 1.165) is 12.0 Å². The van der Waals surface area contributed by atoms with Gasteiger partial charge in [-0.25, -0.2) is 9.18 Å². The Morgan fingerprint density at radius 1 is 1.38 bits per heavy atom. The molecule has 3 rings (SSSR count). The predicted octanol–water partition coefficient (Wildman–Crippen LogP) is -1.42. The number of esters is 1. The first-order chi connectivity index (χ1) is 11.4. The third-order valence-corrected chi connectivity index (χ3v) is 5.08. The second-order valence-corrected chi connectivity index (χ2v) is 6.14. The number of ether oxygens (including phenoxy) is 1. The van der Waals surface area contributed by atoms with Crippen LogP contribution in [0.5, 0.6) is 0 Å². The molecule has 4 atom stereocenters. The number of amides is 2. The molecular formula is C16H18FN2O5+. The summed E-state index contributed by atoms with van der Waals surface area (Å²) < 4.78 is 19.0. The highest BCUT2D eigenvalue weighted by Crippen LogP contribution is 2.44. The number of benzene rings is 1. The SMILES string of the molecule is COC(=O)[C@]1(CO)[NH2+][C@H](c2ccccc2F)[C@@H]2C(=O)N(C)C(=O)[C@H]21. The molecule has 2 saturated heterocycles. The van der Waals surface area contributed by atoms with E-state index in [4.69, 9.17) is 4.74 Å². The Morgan fingerprint density at radius 3 is 2.62 bits per heavy atom. The number of methoxy groups -OCH3 is 1. The highest BCUT2D eigenvalue weighted by Gasteiger charge is 2.72. The molecule has 2 aliphatic heterocycles. The summed E-state index contributed by atoms with van der Waals surface area (Å²) in [6, 6.07) is 5.08. The van der Waals surface area contributed by atoms with Gasteiger partial charge in [-0.2, -0.15) is 0 Å². The van der Waals surface area contributed by atoms with Crippen LogP contribution in [0.1, 0.15) is 11.6 Å². The maximum absolute atomic E-state index is 14.3. The van der Waals surface area contributed by atoms with Crippen LogP contribution in [0.2, 0.25) is 0 Å². The van der Waals surface area contributed by atoms with Crippen molar-refractivity contribution in [2.75, 3.05) is 20.8 Å². The number of likely N-dealkylation sites (tertiary alicyclic amines) is 1. The number of quaternary nitrogens is 1. The van der Waals surface area contributed by atoms with Crippen LogP contribution in [0.15, 0.2) is 24.3 Å². The van der Waals surface area contributed by atoms with Gasteiger partial charge in [0.05, 0.1) is 7.11 Å². The standard InChI is InChI=1S/C16H17FN2O5/c1-19-13(21)10-11(14(19)22)16(7-20,15(23)24-2)18-12(10)8-5-3-4-6-9(8)17/h3-6,10-12,18,20H,7H2,1-2H3/p+1/t10-,11+,12-,16-/m1/s1. The number of nitrogens with two attached hydrogens (primary N) is 1. The molecule has 0 aliphatic carbocycles. The van der Waals surface area contributed by atoms with Gasteiger partial charge in [0.25, 0.3) is 0 Å². The van der Waals surface area contributed by atoms with Crippen LogP contribution in [0, 0.1) is 17.7 Å². The number of nitrogens with zero attached hydrogens (tertiary/aromatic N) is 1. The molecule has 2 amide bonds. The quantitative estimate of drug-likeness (QED) is 0.521. The molecule has 128 valence electrons. The molecule has 0 saturated carbocycles. The van der Waals surface area contributed by atoms with Gasteiger partial charge in [0.2, 0.25) is 17.4 Å². The number of aliphatic hydroxyl groups excluding tert-OH is 1. The molecule has 2 heterocycles. The van der Waals surface area contributed by atoms with Crippen molar-refractivity contribution in [3.63, 3.8) is 0 Å². The zero-order chi connectivity index (χ0) is 17.6. The van der Waals surface area contributed by atoms with Crippen LogP contribution in [0.25, 0.3) is 0 Å². The Morgan fingerprint density at radius 2 is 2.04 bits per heavy atom. The van der Waals surface area contributed by atoms with Crippen LogP contribution < -0.4 is 5.32 Å². The Kier molecular flexibility index (Phi) is 3.89. The number of rotatable bonds is 3. The zero-order valence-electron chi connectivity index (χ0n) is 13.2. The lowest BCUT2D eigenvalue weighted by Crippen LogP contribution is -2.99. The molecule has 0 aromatic heterocycles. The van der Waals surface area contributed by atoms with E-state index in [-0.39, 0.29) is 5.56 Å². The first-order valence-corrected chi connectivity index (χ1v) is 7.50. The summed E-state index contributed by atoms with van der Waals surface area (Å²) in [5, 5.41) is 11.3. The number of imide groups is 1. The van der Waals surface area contributed by atoms with Crippen molar-refractivity contribution >= 4 is 17.8 Å². The van der Waals surface area contributed by atoms with Crippen LogP contribution >= 0.6 is 0 Å². The molecule has 1 aromatic rings. The highest BCUT2D eigenvalue weighted by molar-refractivity contribution is 6.08. The van der Waals surface area contributed by atoms with E-state index in [0.29, 0.717) is 0 Å². The largest absolute Gasteiger partial charge is 0.464 e. The average molecular weight is 337 g/mol. The Bertz CT molecular complexity index is 724. The topological polar surface area (TPSA) is 101 Å². The number of aliphatic hydroxyl groups is 1. The second-order valence-electron chi connectivity index (χ2n) is 6.14. The van der Waals surface area contributed by atoms with E-state index < -0.39 is 53.6 Å². The monoisotopic (exact) mass is 337 g/mol. The normalized spacial score (nSPS) is 32.2. The van der Waals surface area contributed by atoms with Gasteiger partial charge >= 0.3 is 5.97 Å². The van der Waals surface area contributed by atoms with Gasteiger partial charge in [0.1, 0.15) is 30.3 Å². The smallest absolute Gasteiger partial charge is 0.371 e. The number of carbonyl (C=O) groups excluding carboxylic acids is 3. The van der Waals surface area contributed by atoms with E-state index in [9.17, 15) is 23.9 Å². The Labute approximate surface area is 137 Å². The van der Waals surface area contributed by atoms with Crippen LogP contribution in [0.3, 0.4) is 0 Å². The summed E-state index contributed by atoms with van der Waals surface area (Å²) in [5.41, 5.74) is -1.45. The van der Waals surface area contributed by atoms with Gasteiger partial charge in [-0.15, -0.1) is 0 Å². The molecule has 8 heteroatoms. The Hall–Kier alpha value is -2.32. The van der Waals surface area contributed by atoms with Crippen molar-refractivity contribution in [2.45, 2.75) is 11.6 Å². The van der Waals surface area contributed by atoms with Crippen molar-refractivity contribution in [3.8, 4) is 0 Å². The average Bonchev–Trinajstić information content (AvgIpc) is 3.05. The number of carbonyl (C=O) groups is 3. The summed E-state index contributed by atoms with van der Waals surface area (Å²) in [6.07, 6.45) is 0. The fraction of sp³-hybridized carbons (Fsp3) is 0.438. The molecule has 3 N–H and O–H groups in total. The summed E-state index contributed by atoms with van der Waals surface area (Å²) in [6.45, 7) is -0.696. The van der Waals surface area contributed by atoms with Gasteiger partial charge in [-0.1, -0.05) is 18.2 Å². The molecule has 0 unspecified atom stereocenters. The third kappa shape index (κ3) is 1.99. The molecule has 0 radical (unpaired) electrons. The minimum atomic E-state index is -1.66. The van der Waals surface area contributed by atoms with Crippen LogP contribution in [-0.4, -0.2) is 54.1 Å². The van der Waals surface area contributed by atoms with Crippen molar-refractivity contribution < 1.29 is 33.9 Å². The minimum Gasteiger partial charge on any atom is -0.464 e. The van der Waals surface area contributed by atoms with Crippen molar-refractivity contribution in [2.24, 2.45) is 11.8 Å². The van der Waals surface area contributed by atoms with Crippen molar-refractivity contribution in [1.82, 2.24) is 4.90 Å². The maximum atomic E-state index is 14.3. The number of hydrogen-bond acceptors (Lipinski definition) is 5. The van der Waals surface area contributed by atoms with Gasteiger partial charge in [-0.05, 0) is 6.07 Å². The molecule has 1 aromatic carbocycles. The fourth-order valence-corrected chi connectivity index (χ4v) is 3.90. The predicted molar refractivity (Wildman–Crippen MR) is 77.7 cm³/mol. The second kappa shape index (κ2) is 5.64. The van der Waals surface area contributed by atoms with Crippen molar-refractivity contribution in [1.29, 1.82) is 0 Å². The lowest BCUT2D eigenvalue weighted by molar-refractivity contribution is -0.735. The summed E-state index contributed by atoms with van der Waals surface area (Å²) in [5.74, 6) is -4.45. The lowest BCUT2D eigenvalue weighted by atomic mass is 9.79. The fourth-order valence-electron chi connectivity index (χ4n) is 3.90.